The topological polar surface area (TPSA) is 46.6 Å². The van der Waals surface area contributed by atoms with Crippen LogP contribution in [0.15, 0.2) is 30.3 Å². The van der Waals surface area contributed by atoms with Crippen LogP contribution in [-0.2, 0) is 16.0 Å². The van der Waals surface area contributed by atoms with E-state index in [1.165, 1.54) is 4.90 Å². The summed E-state index contributed by atoms with van der Waals surface area (Å²) in [6.45, 7) is 0.270. The molecule has 0 N–H and O–H groups in total. The van der Waals surface area contributed by atoms with E-state index in [4.69, 9.17) is 4.74 Å². The van der Waals surface area contributed by atoms with Gasteiger partial charge in [0.2, 0.25) is 5.91 Å². The fourth-order valence-electron chi connectivity index (χ4n) is 1.87. The molecule has 2 rings (SSSR count). The Balaban J connectivity index is 2.10. The maximum absolute atomic E-state index is 11.6. The van der Waals surface area contributed by atoms with Crippen molar-refractivity contribution in [2.24, 2.45) is 0 Å². The number of imide groups is 1. The molecule has 1 aromatic carbocycles. The van der Waals surface area contributed by atoms with Crippen molar-refractivity contribution < 1.29 is 14.3 Å². The molecule has 0 radical (unpaired) electrons. The SMILES string of the molecule is O=C(CBr)N1C(=O)OC[C@H]1Cc1ccccc1. The van der Waals surface area contributed by atoms with Crippen LogP contribution in [0.5, 0.6) is 0 Å². The minimum absolute atomic E-state index is 0.132. The van der Waals surface area contributed by atoms with E-state index in [1.807, 2.05) is 30.3 Å². The molecule has 1 aliphatic rings. The number of halogens is 1. The van der Waals surface area contributed by atoms with Crippen molar-refractivity contribution in [3.8, 4) is 0 Å². The summed E-state index contributed by atoms with van der Waals surface area (Å²) in [7, 11) is 0. The summed E-state index contributed by atoms with van der Waals surface area (Å²) in [5.41, 5.74) is 1.09. The van der Waals surface area contributed by atoms with Crippen LogP contribution in [0, 0.1) is 0 Å². The maximum atomic E-state index is 11.6. The number of hydrogen-bond acceptors (Lipinski definition) is 3. The van der Waals surface area contributed by atoms with Gasteiger partial charge in [-0.25, -0.2) is 9.69 Å². The highest BCUT2D eigenvalue weighted by Crippen LogP contribution is 2.17. The lowest BCUT2D eigenvalue weighted by atomic mass is 10.1. The number of carbonyl (C=O) groups is 2. The molecule has 17 heavy (non-hydrogen) atoms. The van der Waals surface area contributed by atoms with Crippen LogP contribution in [0.4, 0.5) is 4.79 Å². The predicted molar refractivity (Wildman–Crippen MR) is 65.9 cm³/mol. The number of carbonyl (C=O) groups excluding carboxylic acids is 2. The fraction of sp³-hybridized carbons (Fsp3) is 0.333. The quantitative estimate of drug-likeness (QED) is 0.802. The zero-order valence-electron chi connectivity index (χ0n) is 9.14. The summed E-state index contributed by atoms with van der Waals surface area (Å²) < 4.78 is 4.92. The van der Waals surface area contributed by atoms with Gasteiger partial charge in [0.15, 0.2) is 0 Å². The van der Waals surface area contributed by atoms with E-state index >= 15 is 0 Å². The molecule has 1 saturated heterocycles. The molecule has 1 heterocycles. The predicted octanol–water partition coefficient (Wildman–Crippen LogP) is 1.97. The number of nitrogens with zero attached hydrogens (tertiary/aromatic N) is 1. The molecule has 90 valence electrons. The third kappa shape index (κ3) is 2.66. The summed E-state index contributed by atoms with van der Waals surface area (Å²) >= 11 is 3.07. The summed E-state index contributed by atoms with van der Waals surface area (Å²) in [6, 6.07) is 9.54. The van der Waals surface area contributed by atoms with E-state index < -0.39 is 6.09 Å². The van der Waals surface area contributed by atoms with Crippen LogP contribution in [0.3, 0.4) is 0 Å². The molecule has 0 saturated carbocycles. The van der Waals surface area contributed by atoms with Crippen LogP contribution in [-0.4, -0.2) is 34.9 Å². The number of amides is 2. The van der Waals surface area contributed by atoms with Crippen LogP contribution in [0.25, 0.3) is 0 Å². The summed E-state index contributed by atoms with van der Waals surface area (Å²) in [5, 5.41) is 0.132. The first-order chi connectivity index (χ1) is 8.22. The molecule has 1 aromatic rings. The van der Waals surface area contributed by atoms with Gasteiger partial charge in [-0.05, 0) is 12.0 Å². The van der Waals surface area contributed by atoms with Crippen LogP contribution >= 0.6 is 15.9 Å². The largest absolute Gasteiger partial charge is 0.447 e. The lowest BCUT2D eigenvalue weighted by Gasteiger charge is -2.18. The molecule has 0 aromatic heterocycles. The summed E-state index contributed by atoms with van der Waals surface area (Å²) in [4.78, 5) is 24.2. The standard InChI is InChI=1S/C12H12BrNO3/c13-7-11(15)14-10(8-17-12(14)16)6-9-4-2-1-3-5-9/h1-5,10H,6-8H2/t10-/m1/s1. The lowest BCUT2D eigenvalue weighted by Crippen LogP contribution is -2.40. The molecular weight excluding hydrogens is 286 g/mol. The number of rotatable bonds is 3. The normalized spacial score (nSPS) is 19.2. The van der Waals surface area contributed by atoms with Gasteiger partial charge in [-0.1, -0.05) is 46.3 Å². The molecule has 1 aliphatic heterocycles. The smallest absolute Gasteiger partial charge is 0.417 e. The zero-order valence-corrected chi connectivity index (χ0v) is 10.7. The van der Waals surface area contributed by atoms with E-state index in [1.54, 1.807) is 0 Å². The van der Waals surface area contributed by atoms with Gasteiger partial charge in [0.05, 0.1) is 11.4 Å². The zero-order chi connectivity index (χ0) is 12.3. The summed E-state index contributed by atoms with van der Waals surface area (Å²) in [5.74, 6) is -0.256. The highest BCUT2D eigenvalue weighted by Gasteiger charge is 2.37. The highest BCUT2D eigenvalue weighted by molar-refractivity contribution is 9.09. The molecule has 1 fully saturated rings. The monoisotopic (exact) mass is 297 g/mol. The Labute approximate surface area is 108 Å². The Bertz CT molecular complexity index is 421. The Morgan fingerprint density at radius 1 is 1.41 bits per heavy atom. The van der Waals surface area contributed by atoms with Crippen molar-refractivity contribution in [1.82, 2.24) is 4.90 Å². The van der Waals surface area contributed by atoms with Gasteiger partial charge < -0.3 is 4.74 Å². The van der Waals surface area contributed by atoms with Crippen LogP contribution < -0.4 is 0 Å². The van der Waals surface area contributed by atoms with Crippen molar-refractivity contribution in [3.63, 3.8) is 0 Å². The van der Waals surface area contributed by atoms with Gasteiger partial charge in [0.1, 0.15) is 6.61 Å². The first kappa shape index (κ1) is 12.1. The molecule has 1 atom stereocenters. The van der Waals surface area contributed by atoms with Gasteiger partial charge in [-0.3, -0.25) is 4.79 Å². The van der Waals surface area contributed by atoms with Crippen molar-refractivity contribution >= 4 is 27.9 Å². The van der Waals surface area contributed by atoms with E-state index in [0.29, 0.717) is 6.42 Å². The van der Waals surface area contributed by atoms with Gasteiger partial charge in [0.25, 0.3) is 0 Å². The molecule has 0 bridgehead atoms. The molecule has 2 amide bonds. The Morgan fingerprint density at radius 2 is 2.12 bits per heavy atom. The Hall–Kier alpha value is -1.36. The van der Waals surface area contributed by atoms with Gasteiger partial charge in [-0.2, -0.15) is 0 Å². The highest BCUT2D eigenvalue weighted by atomic mass is 79.9. The minimum atomic E-state index is -0.546. The molecule has 5 heteroatoms. The Morgan fingerprint density at radius 3 is 2.76 bits per heavy atom. The lowest BCUT2D eigenvalue weighted by molar-refractivity contribution is -0.126. The molecule has 0 spiro atoms. The van der Waals surface area contributed by atoms with Crippen molar-refractivity contribution in [2.75, 3.05) is 11.9 Å². The molecule has 0 aliphatic carbocycles. The third-order valence-electron chi connectivity index (χ3n) is 2.66. The summed E-state index contributed by atoms with van der Waals surface area (Å²) in [6.07, 6.45) is 0.0843. The number of hydrogen-bond donors (Lipinski definition) is 0. The van der Waals surface area contributed by atoms with E-state index in [-0.39, 0.29) is 23.9 Å². The molecule has 0 unspecified atom stereocenters. The van der Waals surface area contributed by atoms with E-state index in [0.717, 1.165) is 5.56 Å². The van der Waals surface area contributed by atoms with Crippen LogP contribution in [0.2, 0.25) is 0 Å². The van der Waals surface area contributed by atoms with E-state index in [9.17, 15) is 9.59 Å². The van der Waals surface area contributed by atoms with Crippen molar-refractivity contribution in [3.05, 3.63) is 35.9 Å². The first-order valence-electron chi connectivity index (χ1n) is 5.31. The van der Waals surface area contributed by atoms with Gasteiger partial charge in [-0.15, -0.1) is 0 Å². The van der Waals surface area contributed by atoms with E-state index in [2.05, 4.69) is 15.9 Å². The number of cyclic esters (lactones) is 1. The van der Waals surface area contributed by atoms with Crippen molar-refractivity contribution in [2.45, 2.75) is 12.5 Å². The Kier molecular flexibility index (Phi) is 3.78. The second kappa shape index (κ2) is 5.31. The first-order valence-corrected chi connectivity index (χ1v) is 6.43. The second-order valence-corrected chi connectivity index (χ2v) is 4.38. The maximum Gasteiger partial charge on any atom is 0.417 e. The third-order valence-corrected chi connectivity index (χ3v) is 3.14. The number of ether oxygens (including phenoxy) is 1. The molecular formula is C12H12BrNO3. The van der Waals surface area contributed by atoms with Crippen molar-refractivity contribution in [1.29, 1.82) is 0 Å². The number of benzene rings is 1. The number of alkyl halides is 1. The average molecular weight is 298 g/mol. The van der Waals surface area contributed by atoms with Gasteiger partial charge in [0, 0.05) is 0 Å². The van der Waals surface area contributed by atoms with Gasteiger partial charge >= 0.3 is 6.09 Å². The van der Waals surface area contributed by atoms with Crippen LogP contribution in [0.1, 0.15) is 5.56 Å². The minimum Gasteiger partial charge on any atom is -0.447 e. The fourth-order valence-corrected chi connectivity index (χ4v) is 2.14. The average Bonchev–Trinajstić information content (AvgIpc) is 2.71. The second-order valence-electron chi connectivity index (χ2n) is 3.82. The molecule has 4 nitrogen and oxygen atoms in total.